The van der Waals surface area contributed by atoms with Crippen LogP contribution < -0.4 is 5.32 Å². The number of nitrogens with zero attached hydrogens (tertiary/aromatic N) is 2. The van der Waals surface area contributed by atoms with Gasteiger partial charge in [0.2, 0.25) is 0 Å². The fourth-order valence-electron chi connectivity index (χ4n) is 2.75. The van der Waals surface area contributed by atoms with Gasteiger partial charge in [0, 0.05) is 6.54 Å². The van der Waals surface area contributed by atoms with Crippen molar-refractivity contribution in [1.82, 2.24) is 15.1 Å². The summed E-state index contributed by atoms with van der Waals surface area (Å²) in [6.07, 6.45) is 2.32. The highest BCUT2D eigenvalue weighted by atomic mass is 15.3. The average molecular weight is 271 g/mol. The average Bonchev–Trinajstić information content (AvgIpc) is 2.82. The van der Waals surface area contributed by atoms with Gasteiger partial charge in [-0.3, -0.25) is 4.68 Å². The van der Waals surface area contributed by atoms with E-state index >= 15 is 0 Å². The summed E-state index contributed by atoms with van der Waals surface area (Å²) < 4.78 is 2.09. The topological polar surface area (TPSA) is 29.9 Å². The minimum Gasteiger partial charge on any atom is -0.308 e. The Morgan fingerprint density at radius 1 is 1.25 bits per heavy atom. The first-order valence-electron chi connectivity index (χ1n) is 7.50. The lowest BCUT2D eigenvalue weighted by molar-refractivity contribution is 0.561. The van der Waals surface area contributed by atoms with Crippen molar-refractivity contribution in [3.63, 3.8) is 0 Å². The molecular formula is C17H25N3. The van der Waals surface area contributed by atoms with Crippen LogP contribution in [0.1, 0.15) is 48.8 Å². The van der Waals surface area contributed by atoms with Gasteiger partial charge in [0.15, 0.2) is 0 Å². The lowest BCUT2D eigenvalue weighted by atomic mass is 9.99. The Bertz CT molecular complexity index is 557. The Morgan fingerprint density at radius 2 is 2.05 bits per heavy atom. The third-order valence-corrected chi connectivity index (χ3v) is 3.64. The molecule has 3 nitrogen and oxygen atoms in total. The second-order valence-electron chi connectivity index (χ2n) is 5.24. The summed E-state index contributed by atoms with van der Waals surface area (Å²) in [5.41, 5.74) is 5.03. The predicted octanol–water partition coefficient (Wildman–Crippen LogP) is 3.47. The molecule has 0 amide bonds. The van der Waals surface area contributed by atoms with Crippen LogP contribution in [0, 0.1) is 6.92 Å². The Balaban J connectivity index is 2.38. The maximum atomic E-state index is 4.56. The lowest BCUT2D eigenvalue weighted by Crippen LogP contribution is -2.21. The highest BCUT2D eigenvalue weighted by Gasteiger charge is 2.17. The van der Waals surface area contributed by atoms with Crippen molar-refractivity contribution in [2.75, 3.05) is 7.05 Å². The van der Waals surface area contributed by atoms with Crippen molar-refractivity contribution >= 4 is 0 Å². The first-order chi connectivity index (χ1) is 9.69. The number of nitrogens with one attached hydrogen (secondary N) is 1. The molecule has 0 saturated carbocycles. The zero-order valence-electron chi connectivity index (χ0n) is 13.0. The number of rotatable bonds is 6. The highest BCUT2D eigenvalue weighted by molar-refractivity contribution is 5.32. The second kappa shape index (κ2) is 6.71. The molecule has 3 heteroatoms. The molecule has 0 aliphatic rings. The van der Waals surface area contributed by atoms with E-state index in [4.69, 9.17) is 0 Å². The van der Waals surface area contributed by atoms with E-state index in [0.717, 1.165) is 18.7 Å². The van der Waals surface area contributed by atoms with Crippen LogP contribution >= 0.6 is 0 Å². The van der Waals surface area contributed by atoms with Gasteiger partial charge in [-0.15, -0.1) is 0 Å². The molecule has 20 heavy (non-hydrogen) atoms. The molecule has 0 fully saturated rings. The number of benzene rings is 1. The SMILES string of the molecule is CCCc1cccc(C(NC)c2cc(C)nn2CC)c1. The van der Waals surface area contributed by atoms with Crippen molar-refractivity contribution in [3.8, 4) is 0 Å². The Kier molecular flexibility index (Phi) is 4.96. The van der Waals surface area contributed by atoms with Gasteiger partial charge < -0.3 is 5.32 Å². The Morgan fingerprint density at radius 3 is 2.70 bits per heavy atom. The minimum absolute atomic E-state index is 0.202. The van der Waals surface area contributed by atoms with Crippen molar-refractivity contribution in [1.29, 1.82) is 0 Å². The van der Waals surface area contributed by atoms with Crippen LogP contribution in [-0.4, -0.2) is 16.8 Å². The van der Waals surface area contributed by atoms with Gasteiger partial charge >= 0.3 is 0 Å². The molecule has 0 aliphatic heterocycles. The molecule has 1 N–H and O–H groups in total. The van der Waals surface area contributed by atoms with E-state index in [-0.39, 0.29) is 6.04 Å². The Labute approximate surface area is 122 Å². The predicted molar refractivity (Wildman–Crippen MR) is 84.0 cm³/mol. The third-order valence-electron chi connectivity index (χ3n) is 3.64. The molecule has 1 heterocycles. The van der Waals surface area contributed by atoms with Gasteiger partial charge in [0.05, 0.1) is 17.4 Å². The summed E-state index contributed by atoms with van der Waals surface area (Å²) in [4.78, 5) is 0. The third kappa shape index (κ3) is 3.10. The lowest BCUT2D eigenvalue weighted by Gasteiger charge is -2.18. The molecule has 0 bridgehead atoms. The monoisotopic (exact) mass is 271 g/mol. The van der Waals surface area contributed by atoms with Gasteiger partial charge in [-0.2, -0.15) is 5.10 Å². The first kappa shape index (κ1) is 14.8. The fourth-order valence-corrected chi connectivity index (χ4v) is 2.75. The molecule has 0 aliphatic carbocycles. The van der Waals surface area contributed by atoms with Gasteiger partial charge in [0.25, 0.3) is 0 Å². The quantitative estimate of drug-likeness (QED) is 0.872. The molecule has 0 radical (unpaired) electrons. The van der Waals surface area contributed by atoms with Crippen LogP contribution in [0.15, 0.2) is 30.3 Å². The molecule has 0 saturated heterocycles. The highest BCUT2D eigenvalue weighted by Crippen LogP contribution is 2.23. The minimum atomic E-state index is 0.202. The first-order valence-corrected chi connectivity index (χ1v) is 7.50. The van der Waals surface area contributed by atoms with Crippen LogP contribution in [-0.2, 0) is 13.0 Å². The van der Waals surface area contributed by atoms with Crippen molar-refractivity contribution < 1.29 is 0 Å². The van der Waals surface area contributed by atoms with E-state index < -0.39 is 0 Å². The second-order valence-corrected chi connectivity index (χ2v) is 5.24. The van der Waals surface area contributed by atoms with Crippen molar-refractivity contribution in [3.05, 3.63) is 52.8 Å². The summed E-state index contributed by atoms with van der Waals surface area (Å²) in [6, 6.07) is 11.3. The van der Waals surface area contributed by atoms with Crippen LogP contribution in [0.2, 0.25) is 0 Å². The van der Waals surface area contributed by atoms with Gasteiger partial charge in [-0.1, -0.05) is 37.6 Å². The van der Waals surface area contributed by atoms with Gasteiger partial charge in [0.1, 0.15) is 0 Å². The van der Waals surface area contributed by atoms with E-state index in [0.29, 0.717) is 0 Å². The van der Waals surface area contributed by atoms with Crippen LogP contribution in [0.25, 0.3) is 0 Å². The number of hydrogen-bond donors (Lipinski definition) is 1. The van der Waals surface area contributed by atoms with Crippen molar-refractivity contribution in [2.24, 2.45) is 0 Å². The summed E-state index contributed by atoms with van der Waals surface area (Å²) in [7, 11) is 2.01. The van der Waals surface area contributed by atoms with E-state index in [1.807, 2.05) is 7.05 Å². The molecular weight excluding hydrogens is 246 g/mol. The van der Waals surface area contributed by atoms with Crippen LogP contribution in [0.5, 0.6) is 0 Å². The van der Waals surface area contributed by atoms with E-state index in [2.05, 4.69) is 66.2 Å². The number of aromatic nitrogens is 2. The van der Waals surface area contributed by atoms with Gasteiger partial charge in [-0.25, -0.2) is 0 Å². The summed E-state index contributed by atoms with van der Waals surface area (Å²) in [6.45, 7) is 7.31. The molecule has 2 aromatic rings. The maximum Gasteiger partial charge on any atom is 0.0746 e. The summed E-state index contributed by atoms with van der Waals surface area (Å²) in [5.74, 6) is 0. The normalized spacial score (nSPS) is 12.6. The maximum absolute atomic E-state index is 4.56. The molecule has 1 atom stereocenters. The van der Waals surface area contributed by atoms with E-state index in [9.17, 15) is 0 Å². The standard InChI is InChI=1S/C17H25N3/c1-5-8-14-9-7-10-15(12-14)17(18-4)16-11-13(3)19-20(16)6-2/h7,9-12,17-18H,5-6,8H2,1-4H3. The molecule has 1 aromatic heterocycles. The largest absolute Gasteiger partial charge is 0.308 e. The van der Waals surface area contributed by atoms with Crippen LogP contribution in [0.4, 0.5) is 0 Å². The molecule has 1 unspecified atom stereocenters. The summed E-state index contributed by atoms with van der Waals surface area (Å²) >= 11 is 0. The molecule has 0 spiro atoms. The number of hydrogen-bond acceptors (Lipinski definition) is 2. The van der Waals surface area contributed by atoms with E-state index in [1.165, 1.54) is 23.2 Å². The molecule has 108 valence electrons. The number of aryl methyl sites for hydroxylation is 3. The molecule has 1 aromatic carbocycles. The zero-order chi connectivity index (χ0) is 14.5. The zero-order valence-corrected chi connectivity index (χ0v) is 13.0. The Hall–Kier alpha value is -1.61. The van der Waals surface area contributed by atoms with Crippen LogP contribution in [0.3, 0.4) is 0 Å². The van der Waals surface area contributed by atoms with Gasteiger partial charge in [-0.05, 0) is 44.5 Å². The van der Waals surface area contributed by atoms with E-state index in [1.54, 1.807) is 0 Å². The van der Waals surface area contributed by atoms with Crippen molar-refractivity contribution in [2.45, 2.75) is 46.2 Å². The molecule has 2 rings (SSSR count). The fraction of sp³-hybridized carbons (Fsp3) is 0.471. The smallest absolute Gasteiger partial charge is 0.0746 e. The summed E-state index contributed by atoms with van der Waals surface area (Å²) in [5, 5.41) is 7.99.